The average molecular weight is 173 g/mol. The van der Waals surface area contributed by atoms with Gasteiger partial charge in [-0.1, -0.05) is 6.07 Å². The summed E-state index contributed by atoms with van der Waals surface area (Å²) >= 11 is 1.71. The van der Waals surface area contributed by atoms with Crippen molar-refractivity contribution in [2.45, 2.75) is 6.54 Å². The number of hydrogen-bond donors (Lipinski definition) is 0. The number of nitrogens with zero attached hydrogens (tertiary/aromatic N) is 1. The van der Waals surface area contributed by atoms with Gasteiger partial charge in [-0.3, -0.25) is 4.90 Å². The molecule has 0 atom stereocenters. The second-order valence-corrected chi connectivity index (χ2v) is 3.54. The highest BCUT2D eigenvalue weighted by Gasteiger charge is 1.99. The predicted octanol–water partition coefficient (Wildman–Crippen LogP) is 2.15. The zero-order chi connectivity index (χ0) is 8.10. The zero-order valence-corrected chi connectivity index (χ0v) is 7.40. The Morgan fingerprint density at radius 3 is 3.00 bits per heavy atom. The molecule has 0 saturated carbocycles. The minimum atomic E-state index is -0.262. The maximum atomic E-state index is 11.8. The minimum absolute atomic E-state index is 0.262. The number of alkyl halides is 1. The Balaban J connectivity index is 2.31. The fourth-order valence-corrected chi connectivity index (χ4v) is 1.68. The van der Waals surface area contributed by atoms with Crippen molar-refractivity contribution >= 4 is 11.3 Å². The molecule has 0 aliphatic heterocycles. The molecule has 1 aromatic heterocycles. The van der Waals surface area contributed by atoms with Crippen LogP contribution in [0.25, 0.3) is 0 Å². The molecule has 3 heteroatoms. The van der Waals surface area contributed by atoms with Crippen molar-refractivity contribution in [2.24, 2.45) is 0 Å². The largest absolute Gasteiger partial charge is 0.299 e. The Morgan fingerprint density at radius 1 is 1.64 bits per heavy atom. The van der Waals surface area contributed by atoms with Crippen LogP contribution in [0.4, 0.5) is 4.39 Å². The quantitative estimate of drug-likeness (QED) is 0.674. The molecule has 1 heterocycles. The molecule has 0 fully saturated rings. The van der Waals surface area contributed by atoms with E-state index in [-0.39, 0.29) is 6.67 Å². The fourth-order valence-electron chi connectivity index (χ4n) is 0.892. The lowest BCUT2D eigenvalue weighted by Crippen LogP contribution is -2.19. The fraction of sp³-hybridized carbons (Fsp3) is 0.500. The first-order valence-corrected chi connectivity index (χ1v) is 4.48. The van der Waals surface area contributed by atoms with Crippen molar-refractivity contribution in [2.75, 3.05) is 20.3 Å². The Bertz CT molecular complexity index is 186. The summed E-state index contributed by atoms with van der Waals surface area (Å²) in [6, 6.07) is 4.09. The third-order valence-electron chi connectivity index (χ3n) is 1.47. The summed E-state index contributed by atoms with van der Waals surface area (Å²) in [6.07, 6.45) is 0. The molecule has 0 aliphatic rings. The van der Waals surface area contributed by atoms with Crippen molar-refractivity contribution in [3.63, 3.8) is 0 Å². The van der Waals surface area contributed by atoms with Gasteiger partial charge in [-0.25, -0.2) is 4.39 Å². The van der Waals surface area contributed by atoms with Gasteiger partial charge < -0.3 is 0 Å². The summed E-state index contributed by atoms with van der Waals surface area (Å²) in [7, 11) is 1.93. The molecule has 1 rings (SSSR count). The molecule has 0 radical (unpaired) electrons. The molecule has 0 unspecified atom stereocenters. The van der Waals surface area contributed by atoms with Crippen LogP contribution < -0.4 is 0 Å². The average Bonchev–Trinajstić information content (AvgIpc) is 2.40. The van der Waals surface area contributed by atoms with E-state index in [2.05, 4.69) is 6.07 Å². The number of halogens is 1. The smallest absolute Gasteiger partial charge is 0.102 e. The highest BCUT2D eigenvalue weighted by Crippen LogP contribution is 2.10. The zero-order valence-electron chi connectivity index (χ0n) is 6.59. The molecule has 0 amide bonds. The SMILES string of the molecule is CN(CCF)Cc1cccs1. The highest BCUT2D eigenvalue weighted by molar-refractivity contribution is 7.09. The first-order chi connectivity index (χ1) is 5.33. The minimum Gasteiger partial charge on any atom is -0.299 e. The van der Waals surface area contributed by atoms with E-state index in [4.69, 9.17) is 0 Å². The van der Waals surface area contributed by atoms with E-state index in [1.165, 1.54) is 4.88 Å². The topological polar surface area (TPSA) is 3.24 Å². The predicted molar refractivity (Wildman–Crippen MR) is 46.6 cm³/mol. The second kappa shape index (κ2) is 4.46. The van der Waals surface area contributed by atoms with Crippen molar-refractivity contribution < 1.29 is 4.39 Å². The molecule has 0 saturated heterocycles. The van der Waals surface area contributed by atoms with Gasteiger partial charge in [-0.15, -0.1) is 11.3 Å². The summed E-state index contributed by atoms with van der Waals surface area (Å²) in [5.41, 5.74) is 0. The van der Waals surface area contributed by atoms with Crippen molar-refractivity contribution in [3.8, 4) is 0 Å². The Hall–Kier alpha value is -0.410. The van der Waals surface area contributed by atoms with E-state index in [0.29, 0.717) is 6.54 Å². The van der Waals surface area contributed by atoms with E-state index in [1.807, 2.05) is 23.4 Å². The van der Waals surface area contributed by atoms with Gasteiger partial charge in [0, 0.05) is 18.0 Å². The van der Waals surface area contributed by atoms with E-state index < -0.39 is 0 Å². The van der Waals surface area contributed by atoms with Crippen LogP contribution in [0.2, 0.25) is 0 Å². The van der Waals surface area contributed by atoms with Gasteiger partial charge >= 0.3 is 0 Å². The summed E-state index contributed by atoms with van der Waals surface area (Å²) < 4.78 is 11.8. The van der Waals surface area contributed by atoms with Crippen LogP contribution in [0.5, 0.6) is 0 Å². The lowest BCUT2D eigenvalue weighted by Gasteiger charge is -2.12. The Labute approximate surface area is 70.5 Å². The van der Waals surface area contributed by atoms with Crippen LogP contribution >= 0.6 is 11.3 Å². The summed E-state index contributed by atoms with van der Waals surface area (Å²) in [5, 5.41) is 2.04. The van der Waals surface area contributed by atoms with Crippen LogP contribution in [0.1, 0.15) is 4.88 Å². The molecule has 0 bridgehead atoms. The lowest BCUT2D eigenvalue weighted by atomic mass is 10.4. The summed E-state index contributed by atoms with van der Waals surface area (Å²) in [4.78, 5) is 3.27. The van der Waals surface area contributed by atoms with Crippen LogP contribution in [0, 0.1) is 0 Å². The van der Waals surface area contributed by atoms with Crippen LogP contribution in [0.3, 0.4) is 0 Å². The number of hydrogen-bond acceptors (Lipinski definition) is 2. The van der Waals surface area contributed by atoms with E-state index >= 15 is 0 Å². The van der Waals surface area contributed by atoms with Gasteiger partial charge in [0.15, 0.2) is 0 Å². The molecule has 0 spiro atoms. The molecule has 1 aromatic rings. The molecule has 0 aliphatic carbocycles. The summed E-state index contributed by atoms with van der Waals surface area (Å²) in [6.45, 7) is 1.13. The monoisotopic (exact) mass is 173 g/mol. The molecule has 62 valence electrons. The molecular weight excluding hydrogens is 161 g/mol. The van der Waals surface area contributed by atoms with Gasteiger partial charge in [0.1, 0.15) is 6.67 Å². The first-order valence-electron chi connectivity index (χ1n) is 3.60. The van der Waals surface area contributed by atoms with Gasteiger partial charge in [0.05, 0.1) is 0 Å². The molecular formula is C8H12FNS. The summed E-state index contributed by atoms with van der Waals surface area (Å²) in [5.74, 6) is 0. The van der Waals surface area contributed by atoms with Gasteiger partial charge in [0.2, 0.25) is 0 Å². The van der Waals surface area contributed by atoms with Crippen LogP contribution in [0.15, 0.2) is 17.5 Å². The second-order valence-electron chi connectivity index (χ2n) is 2.51. The standard InChI is InChI=1S/C8H12FNS/c1-10(5-4-9)7-8-3-2-6-11-8/h2-3,6H,4-5,7H2,1H3. The van der Waals surface area contributed by atoms with E-state index in [0.717, 1.165) is 6.54 Å². The first kappa shape index (κ1) is 8.68. The van der Waals surface area contributed by atoms with E-state index in [1.54, 1.807) is 11.3 Å². The number of rotatable bonds is 4. The molecule has 1 nitrogen and oxygen atoms in total. The highest BCUT2D eigenvalue weighted by atomic mass is 32.1. The normalized spacial score (nSPS) is 10.8. The van der Waals surface area contributed by atoms with Crippen molar-refractivity contribution in [3.05, 3.63) is 22.4 Å². The maximum absolute atomic E-state index is 11.8. The van der Waals surface area contributed by atoms with Crippen LogP contribution in [-0.4, -0.2) is 25.2 Å². The van der Waals surface area contributed by atoms with Gasteiger partial charge in [-0.2, -0.15) is 0 Å². The van der Waals surface area contributed by atoms with Gasteiger partial charge in [-0.05, 0) is 18.5 Å². The Kier molecular flexibility index (Phi) is 3.52. The Morgan fingerprint density at radius 2 is 2.45 bits per heavy atom. The van der Waals surface area contributed by atoms with E-state index in [9.17, 15) is 4.39 Å². The van der Waals surface area contributed by atoms with Crippen LogP contribution in [-0.2, 0) is 6.54 Å². The van der Waals surface area contributed by atoms with Crippen molar-refractivity contribution in [1.29, 1.82) is 0 Å². The molecule has 0 aromatic carbocycles. The van der Waals surface area contributed by atoms with Crippen molar-refractivity contribution in [1.82, 2.24) is 4.90 Å². The molecule has 0 N–H and O–H groups in total. The molecule has 11 heavy (non-hydrogen) atoms. The lowest BCUT2D eigenvalue weighted by molar-refractivity contribution is 0.291. The van der Waals surface area contributed by atoms with Gasteiger partial charge in [0.25, 0.3) is 0 Å². The third kappa shape index (κ3) is 2.99. The number of thiophene rings is 1. The third-order valence-corrected chi connectivity index (χ3v) is 2.33. The maximum Gasteiger partial charge on any atom is 0.102 e.